The topological polar surface area (TPSA) is 130 Å². The van der Waals surface area contributed by atoms with Crippen LogP contribution in [-0.2, 0) is 26.2 Å². The van der Waals surface area contributed by atoms with Crippen LogP contribution in [0.4, 0.5) is 0 Å². The van der Waals surface area contributed by atoms with E-state index in [2.05, 4.69) is 27.7 Å². The van der Waals surface area contributed by atoms with E-state index in [4.69, 9.17) is 0 Å². The van der Waals surface area contributed by atoms with Gasteiger partial charge >= 0.3 is 5.97 Å². The number of nitrogens with one attached hydrogen (secondary N) is 1. The minimum atomic E-state index is -3.91. The molecule has 1 saturated carbocycles. The van der Waals surface area contributed by atoms with Crippen molar-refractivity contribution < 1.29 is 23.1 Å². The van der Waals surface area contributed by atoms with Crippen LogP contribution >= 0.6 is 0 Å². The summed E-state index contributed by atoms with van der Waals surface area (Å²) in [5.74, 6) is 1.34. The van der Waals surface area contributed by atoms with Crippen molar-refractivity contribution in [2.24, 2.45) is 17.8 Å². The van der Waals surface area contributed by atoms with Crippen molar-refractivity contribution in [1.82, 2.24) is 19.6 Å². The van der Waals surface area contributed by atoms with E-state index in [-0.39, 0.29) is 11.4 Å². The Labute approximate surface area is 265 Å². The van der Waals surface area contributed by atoms with Gasteiger partial charge in [-0.15, -0.1) is 0 Å². The minimum absolute atomic E-state index is 0.00740. The lowest BCUT2D eigenvalue weighted by atomic mass is 9.71. The van der Waals surface area contributed by atoms with Gasteiger partial charge in [0.15, 0.2) is 5.82 Å². The Kier molecular flexibility index (Phi) is 10.8. The normalized spacial score (nSPS) is 20.3. The number of aromatic nitrogens is 2. The van der Waals surface area contributed by atoms with Crippen molar-refractivity contribution in [3.63, 3.8) is 0 Å². The van der Waals surface area contributed by atoms with E-state index in [1.165, 1.54) is 56.2 Å². The van der Waals surface area contributed by atoms with Gasteiger partial charge in [0.1, 0.15) is 6.54 Å². The van der Waals surface area contributed by atoms with E-state index in [0.29, 0.717) is 11.4 Å². The van der Waals surface area contributed by atoms with Gasteiger partial charge in [0.2, 0.25) is 15.9 Å². The summed E-state index contributed by atoms with van der Waals surface area (Å²) >= 11 is 0. The molecule has 2 aromatic carbocycles. The van der Waals surface area contributed by atoms with E-state index < -0.39 is 35.0 Å². The van der Waals surface area contributed by atoms with Crippen molar-refractivity contribution in [2.75, 3.05) is 13.1 Å². The molecule has 9 nitrogen and oxygen atoms in total. The van der Waals surface area contributed by atoms with Gasteiger partial charge in [-0.25, -0.2) is 23.1 Å². The van der Waals surface area contributed by atoms with Crippen molar-refractivity contribution in [3.8, 4) is 11.4 Å². The molecule has 45 heavy (non-hydrogen) atoms. The zero-order valence-corrected chi connectivity index (χ0v) is 26.6. The largest absolute Gasteiger partial charge is 0.480 e. The quantitative estimate of drug-likeness (QED) is 0.254. The van der Waals surface area contributed by atoms with Crippen LogP contribution in [0.3, 0.4) is 0 Å². The second-order valence-corrected chi connectivity index (χ2v) is 14.0. The van der Waals surface area contributed by atoms with E-state index >= 15 is 0 Å². The summed E-state index contributed by atoms with van der Waals surface area (Å²) in [6, 6.07) is 14.9. The van der Waals surface area contributed by atoms with E-state index in [0.717, 1.165) is 46.6 Å². The standard InChI is InChI=1S/C35H42N4O5S/c1-2-25-8-12-27(13-9-25)28-16-18-29(19-17-28)31-20-36-35(37-21-31)30-14-10-26(11-15-30)23-39(24-34(41)42)33(40)22-38-45(43,44)32-6-4-3-5-7-32/h3-7,10-11,14-15,18,20-21,25,27-28,38H,2,8-9,12-13,16-17,19,22-24H2,1H3,(H,41,42). The predicted molar refractivity (Wildman–Crippen MR) is 173 cm³/mol. The molecule has 2 aliphatic carbocycles. The number of hydrogen-bond acceptors (Lipinski definition) is 6. The summed E-state index contributed by atoms with van der Waals surface area (Å²) in [6.45, 7) is 1.21. The highest BCUT2D eigenvalue weighted by atomic mass is 32.2. The van der Waals surface area contributed by atoms with Crippen molar-refractivity contribution in [1.29, 1.82) is 0 Å². The fourth-order valence-corrected chi connectivity index (χ4v) is 7.58. The number of hydrogen-bond donors (Lipinski definition) is 2. The lowest BCUT2D eigenvalue weighted by Gasteiger charge is -2.35. The molecule has 1 aromatic heterocycles. The lowest BCUT2D eigenvalue weighted by molar-refractivity contribution is -0.144. The molecule has 0 saturated heterocycles. The molecule has 0 bridgehead atoms. The third-order valence-electron chi connectivity index (χ3n) is 9.34. The number of benzene rings is 2. The molecule has 1 atom stereocenters. The maximum absolute atomic E-state index is 12.8. The Morgan fingerprint density at radius 3 is 2.20 bits per heavy atom. The van der Waals surface area contributed by atoms with Crippen molar-refractivity contribution in [2.45, 2.75) is 69.7 Å². The predicted octanol–water partition coefficient (Wildman–Crippen LogP) is 5.94. The number of nitrogens with zero attached hydrogens (tertiary/aromatic N) is 3. The first-order valence-corrected chi connectivity index (χ1v) is 17.3. The second kappa shape index (κ2) is 14.9. The van der Waals surface area contributed by atoms with Gasteiger partial charge in [-0.3, -0.25) is 9.59 Å². The molecule has 1 fully saturated rings. The Morgan fingerprint density at radius 1 is 0.911 bits per heavy atom. The number of carboxylic acids is 1. The first-order valence-electron chi connectivity index (χ1n) is 15.9. The highest BCUT2D eigenvalue weighted by Gasteiger charge is 2.28. The number of amides is 1. The smallest absolute Gasteiger partial charge is 0.323 e. The molecule has 5 rings (SSSR count). The molecule has 10 heteroatoms. The number of carboxylic acid groups (broad SMARTS) is 1. The number of aliphatic carboxylic acids is 1. The summed E-state index contributed by atoms with van der Waals surface area (Å²) in [5, 5.41) is 9.36. The molecule has 0 aliphatic heterocycles. The van der Waals surface area contributed by atoms with Crippen molar-refractivity contribution >= 4 is 27.5 Å². The molecule has 1 heterocycles. The lowest BCUT2D eigenvalue weighted by Crippen LogP contribution is -2.42. The fourth-order valence-electron chi connectivity index (χ4n) is 6.58. The average Bonchev–Trinajstić information content (AvgIpc) is 3.08. The highest BCUT2D eigenvalue weighted by Crippen LogP contribution is 2.41. The third kappa shape index (κ3) is 8.64. The summed E-state index contributed by atoms with van der Waals surface area (Å²) in [5.41, 5.74) is 3.89. The maximum Gasteiger partial charge on any atom is 0.323 e. The van der Waals surface area contributed by atoms with Crippen LogP contribution < -0.4 is 4.72 Å². The Morgan fingerprint density at radius 2 is 1.60 bits per heavy atom. The van der Waals surface area contributed by atoms with E-state index in [9.17, 15) is 23.1 Å². The molecule has 0 radical (unpaired) electrons. The fraction of sp³-hybridized carbons (Fsp3) is 0.429. The van der Waals surface area contributed by atoms with Crippen LogP contribution in [0.25, 0.3) is 17.0 Å². The average molecular weight is 631 g/mol. The number of allylic oxidation sites excluding steroid dienone is 2. The van der Waals surface area contributed by atoms with Crippen LogP contribution in [0, 0.1) is 17.8 Å². The molecular weight excluding hydrogens is 588 g/mol. The Hall–Kier alpha value is -3.89. The van der Waals surface area contributed by atoms with E-state index in [1.807, 2.05) is 24.5 Å². The molecule has 1 unspecified atom stereocenters. The summed E-state index contributed by atoms with van der Waals surface area (Å²) in [6.07, 6.45) is 16.5. The minimum Gasteiger partial charge on any atom is -0.480 e. The van der Waals surface area contributed by atoms with Gasteiger partial charge in [0, 0.05) is 30.1 Å². The molecule has 2 aliphatic rings. The van der Waals surface area contributed by atoms with E-state index in [1.54, 1.807) is 30.3 Å². The van der Waals surface area contributed by atoms with Gasteiger partial charge in [-0.05, 0) is 73.1 Å². The highest BCUT2D eigenvalue weighted by molar-refractivity contribution is 7.89. The molecule has 3 aromatic rings. The SMILES string of the molecule is CCC1CCC(C2CC=C(c3cnc(-c4ccc(CN(CC(=O)O)C(=O)CNS(=O)(=O)c5ccccc5)cc4)nc3)CC2)CC1. The summed E-state index contributed by atoms with van der Waals surface area (Å²) in [4.78, 5) is 34.7. The second-order valence-electron chi connectivity index (χ2n) is 12.2. The molecule has 238 valence electrons. The monoisotopic (exact) mass is 630 g/mol. The molecule has 0 spiro atoms. The maximum atomic E-state index is 12.8. The van der Waals surface area contributed by atoms with Crippen LogP contribution in [-0.4, -0.2) is 53.4 Å². The van der Waals surface area contributed by atoms with Gasteiger partial charge in [-0.2, -0.15) is 0 Å². The zero-order chi connectivity index (χ0) is 31.8. The molecule has 1 amide bonds. The number of rotatable bonds is 12. The summed E-state index contributed by atoms with van der Waals surface area (Å²) < 4.78 is 27.3. The third-order valence-corrected chi connectivity index (χ3v) is 10.8. The van der Waals surface area contributed by atoms with Crippen LogP contribution in [0.1, 0.15) is 69.4 Å². The zero-order valence-electron chi connectivity index (χ0n) is 25.8. The first-order chi connectivity index (χ1) is 21.7. The Balaban J connectivity index is 1.17. The van der Waals surface area contributed by atoms with Crippen LogP contribution in [0.2, 0.25) is 0 Å². The molecule has 2 N–H and O–H groups in total. The van der Waals surface area contributed by atoms with Crippen LogP contribution in [0.5, 0.6) is 0 Å². The number of carbonyl (C=O) groups is 2. The van der Waals surface area contributed by atoms with Crippen LogP contribution in [0.15, 0.2) is 78.0 Å². The first kappa shape index (κ1) is 32.5. The van der Waals surface area contributed by atoms with Gasteiger partial charge < -0.3 is 10.0 Å². The van der Waals surface area contributed by atoms with Gasteiger partial charge in [0.05, 0.1) is 11.4 Å². The number of carbonyl (C=O) groups excluding carboxylic acids is 1. The summed E-state index contributed by atoms with van der Waals surface area (Å²) in [7, 11) is -3.91. The van der Waals surface area contributed by atoms with Crippen molar-refractivity contribution in [3.05, 3.63) is 84.2 Å². The number of sulfonamides is 1. The Bertz CT molecular complexity index is 1580. The molecular formula is C35H42N4O5S. The van der Waals surface area contributed by atoms with Gasteiger partial charge in [-0.1, -0.05) is 74.7 Å². The van der Waals surface area contributed by atoms with Gasteiger partial charge in [0.25, 0.3) is 0 Å².